The lowest BCUT2D eigenvalue weighted by Gasteiger charge is -2.22. The highest BCUT2D eigenvalue weighted by atomic mass is 32.1. The Balaban J connectivity index is 1.54. The van der Waals surface area contributed by atoms with Crippen LogP contribution in [-0.2, 0) is 15.1 Å². The molecule has 0 saturated carbocycles. The van der Waals surface area contributed by atoms with Gasteiger partial charge in [-0.1, -0.05) is 12.1 Å². The van der Waals surface area contributed by atoms with Crippen molar-refractivity contribution in [2.75, 3.05) is 11.9 Å². The fourth-order valence-electron chi connectivity index (χ4n) is 3.08. The van der Waals surface area contributed by atoms with Crippen LogP contribution >= 0.6 is 11.3 Å². The average Bonchev–Trinajstić information content (AvgIpc) is 3.46. The maximum absolute atomic E-state index is 13.1. The van der Waals surface area contributed by atoms with Gasteiger partial charge in [0.15, 0.2) is 0 Å². The summed E-state index contributed by atoms with van der Waals surface area (Å²) in [6.45, 7) is 1.09. The molecule has 150 valence electrons. The molecule has 4 amide bonds. The smallest absolute Gasteiger partial charge is 0.319 e. The van der Waals surface area contributed by atoms with Gasteiger partial charge < -0.3 is 10.6 Å². The molecule has 0 bridgehead atoms. The van der Waals surface area contributed by atoms with E-state index in [0.717, 1.165) is 4.90 Å². The highest BCUT2D eigenvalue weighted by Crippen LogP contribution is 2.30. The zero-order chi connectivity index (χ0) is 21.3. The number of nitrogens with one attached hydrogen (secondary N) is 2. The van der Waals surface area contributed by atoms with E-state index < -0.39 is 29.9 Å². The van der Waals surface area contributed by atoms with Crippen LogP contribution in [0.25, 0.3) is 5.69 Å². The summed E-state index contributed by atoms with van der Waals surface area (Å²) < 4.78 is 1.42. The van der Waals surface area contributed by atoms with Crippen LogP contribution < -0.4 is 10.6 Å². The number of carbonyl (C=O) groups is 3. The van der Waals surface area contributed by atoms with Crippen molar-refractivity contribution in [3.05, 3.63) is 53.2 Å². The molecule has 11 nitrogen and oxygen atoms in total. The fraction of sp³-hybridized carbons (Fsp3) is 0.167. The van der Waals surface area contributed by atoms with E-state index in [1.807, 2.05) is 6.07 Å². The Hall–Kier alpha value is -4.11. The second-order valence-corrected chi connectivity index (χ2v) is 7.49. The van der Waals surface area contributed by atoms with Crippen molar-refractivity contribution < 1.29 is 14.4 Å². The Morgan fingerprint density at radius 2 is 2.20 bits per heavy atom. The molecule has 1 aliphatic heterocycles. The van der Waals surface area contributed by atoms with Gasteiger partial charge in [-0.05, 0) is 46.5 Å². The third kappa shape index (κ3) is 3.27. The van der Waals surface area contributed by atoms with Crippen molar-refractivity contribution in [3.8, 4) is 11.8 Å². The minimum absolute atomic E-state index is 0.315. The van der Waals surface area contributed by atoms with Crippen molar-refractivity contribution in [3.63, 3.8) is 0 Å². The molecular weight excluding hydrogens is 408 g/mol. The van der Waals surface area contributed by atoms with Gasteiger partial charge in [-0.2, -0.15) is 5.26 Å². The van der Waals surface area contributed by atoms with Gasteiger partial charge in [-0.3, -0.25) is 14.5 Å². The monoisotopic (exact) mass is 422 g/mol. The van der Waals surface area contributed by atoms with Crippen molar-refractivity contribution >= 4 is 34.2 Å². The number of carbonyl (C=O) groups excluding carboxylic acids is 3. The van der Waals surface area contributed by atoms with Crippen LogP contribution in [0.3, 0.4) is 0 Å². The Morgan fingerprint density at radius 3 is 2.93 bits per heavy atom. The molecule has 1 saturated heterocycles. The number of amides is 4. The molecule has 0 radical (unpaired) electrons. The number of imide groups is 1. The third-order valence-electron chi connectivity index (χ3n) is 4.65. The van der Waals surface area contributed by atoms with Gasteiger partial charge in [0.1, 0.15) is 29.5 Å². The number of hydrogen-bond acceptors (Lipinski definition) is 8. The van der Waals surface area contributed by atoms with Crippen LogP contribution in [-0.4, -0.2) is 49.5 Å². The number of anilines is 1. The van der Waals surface area contributed by atoms with E-state index in [-0.39, 0.29) is 0 Å². The normalized spacial score (nSPS) is 18.2. The molecule has 2 N–H and O–H groups in total. The second-order valence-electron chi connectivity index (χ2n) is 6.57. The number of thiophene rings is 1. The number of hydrogen-bond donors (Lipinski definition) is 2. The summed E-state index contributed by atoms with van der Waals surface area (Å²) >= 11 is 1.18. The number of tetrazole rings is 1. The number of rotatable bonds is 5. The second kappa shape index (κ2) is 7.37. The summed E-state index contributed by atoms with van der Waals surface area (Å²) in [5, 5.41) is 27.3. The van der Waals surface area contributed by atoms with E-state index >= 15 is 0 Å². The molecule has 30 heavy (non-hydrogen) atoms. The largest absolute Gasteiger partial charge is 0.325 e. The minimum Gasteiger partial charge on any atom is -0.319 e. The summed E-state index contributed by atoms with van der Waals surface area (Å²) in [6.07, 6.45) is 1.41. The van der Waals surface area contributed by atoms with E-state index in [0.29, 0.717) is 21.8 Å². The van der Waals surface area contributed by atoms with Gasteiger partial charge in [0.2, 0.25) is 5.91 Å². The maximum Gasteiger partial charge on any atom is 0.325 e. The number of nitriles is 1. The maximum atomic E-state index is 13.1. The zero-order valence-corrected chi connectivity index (χ0v) is 16.4. The van der Waals surface area contributed by atoms with Gasteiger partial charge in [0.25, 0.3) is 5.91 Å². The minimum atomic E-state index is -1.36. The van der Waals surface area contributed by atoms with Crippen LogP contribution in [0, 0.1) is 11.3 Å². The Bertz CT molecular complexity index is 1180. The molecule has 4 rings (SSSR count). The lowest BCUT2D eigenvalue weighted by atomic mass is 9.91. The first kappa shape index (κ1) is 19.2. The van der Waals surface area contributed by atoms with Crippen LogP contribution in [0.1, 0.15) is 18.1 Å². The average molecular weight is 422 g/mol. The quantitative estimate of drug-likeness (QED) is 0.583. The molecule has 0 aliphatic carbocycles. The van der Waals surface area contributed by atoms with E-state index in [2.05, 4.69) is 26.2 Å². The highest BCUT2D eigenvalue weighted by molar-refractivity contribution is 7.14. The van der Waals surface area contributed by atoms with Gasteiger partial charge in [0.05, 0.1) is 11.3 Å². The Morgan fingerprint density at radius 1 is 1.37 bits per heavy atom. The van der Waals surface area contributed by atoms with Crippen molar-refractivity contribution in [2.45, 2.75) is 12.5 Å². The molecule has 1 unspecified atom stereocenters. The summed E-state index contributed by atoms with van der Waals surface area (Å²) in [4.78, 5) is 38.8. The predicted molar refractivity (Wildman–Crippen MR) is 104 cm³/mol. The van der Waals surface area contributed by atoms with Crippen LogP contribution in [0.15, 0.2) is 42.0 Å². The Kier molecular flexibility index (Phi) is 4.72. The molecular formula is C18H14N8O3S. The third-order valence-corrected chi connectivity index (χ3v) is 5.48. The lowest BCUT2D eigenvalue weighted by molar-refractivity contribution is -0.133. The number of aromatic nitrogens is 4. The summed E-state index contributed by atoms with van der Waals surface area (Å²) in [5.74, 6) is -1.15. The van der Waals surface area contributed by atoms with Gasteiger partial charge in [0, 0.05) is 0 Å². The number of nitrogens with zero attached hydrogens (tertiary/aromatic N) is 6. The van der Waals surface area contributed by atoms with E-state index in [4.69, 9.17) is 5.26 Å². The molecule has 1 aromatic carbocycles. The topological polar surface area (TPSA) is 146 Å². The molecule has 0 spiro atoms. The zero-order valence-electron chi connectivity index (χ0n) is 15.6. The standard InChI is InChI=1S/C18H14N8O3S/c1-18(12-3-2-4-13(7-12)26-10-20-23-24-26)16(28)25(17(29)22-18)9-14(27)21-15-11(8-19)5-6-30-15/h2-7,10H,9H2,1H3,(H,21,27)(H,22,29). The van der Waals surface area contributed by atoms with Crippen LogP contribution in [0.5, 0.6) is 0 Å². The molecule has 1 atom stereocenters. The van der Waals surface area contributed by atoms with E-state index in [1.165, 1.54) is 22.3 Å². The Labute approximate surface area is 173 Å². The molecule has 1 fully saturated rings. The molecule has 3 heterocycles. The number of urea groups is 1. The fourth-order valence-corrected chi connectivity index (χ4v) is 3.83. The lowest BCUT2D eigenvalue weighted by Crippen LogP contribution is -2.42. The SMILES string of the molecule is CC1(c2cccc(-n3cnnn3)c2)NC(=O)N(CC(=O)Nc2sccc2C#N)C1=O. The van der Waals surface area contributed by atoms with Gasteiger partial charge in [-0.15, -0.1) is 16.4 Å². The van der Waals surface area contributed by atoms with Crippen LogP contribution in [0.2, 0.25) is 0 Å². The van der Waals surface area contributed by atoms with E-state index in [1.54, 1.807) is 42.6 Å². The van der Waals surface area contributed by atoms with Crippen molar-refractivity contribution in [1.82, 2.24) is 30.4 Å². The molecule has 2 aromatic heterocycles. The van der Waals surface area contributed by atoms with Gasteiger partial charge >= 0.3 is 6.03 Å². The molecule has 3 aromatic rings. The van der Waals surface area contributed by atoms with Crippen molar-refractivity contribution in [1.29, 1.82) is 5.26 Å². The molecule has 12 heteroatoms. The molecule has 1 aliphatic rings. The summed E-state index contributed by atoms with van der Waals surface area (Å²) in [6, 6.07) is 9.70. The first-order chi connectivity index (χ1) is 14.4. The van der Waals surface area contributed by atoms with Gasteiger partial charge in [-0.25, -0.2) is 9.48 Å². The van der Waals surface area contributed by atoms with E-state index in [9.17, 15) is 14.4 Å². The highest BCUT2D eigenvalue weighted by Gasteiger charge is 2.49. The van der Waals surface area contributed by atoms with Crippen molar-refractivity contribution in [2.24, 2.45) is 0 Å². The summed E-state index contributed by atoms with van der Waals surface area (Å²) in [5.41, 5.74) is 0.0811. The first-order valence-electron chi connectivity index (χ1n) is 8.68. The first-order valence-corrected chi connectivity index (χ1v) is 9.56. The predicted octanol–water partition coefficient (Wildman–Crippen LogP) is 1.00. The van der Waals surface area contributed by atoms with Crippen LogP contribution in [0.4, 0.5) is 9.80 Å². The summed E-state index contributed by atoms with van der Waals surface area (Å²) in [7, 11) is 0. The number of benzene rings is 1.